The lowest BCUT2D eigenvalue weighted by molar-refractivity contribution is 0.127. The number of rotatable bonds is 7. The maximum absolute atomic E-state index is 9.26. The third kappa shape index (κ3) is 4.66. The molecule has 1 fully saturated rings. The van der Waals surface area contributed by atoms with Crippen LogP contribution in [0.3, 0.4) is 0 Å². The van der Waals surface area contributed by atoms with E-state index in [1.165, 1.54) is 4.88 Å². The molecule has 0 radical (unpaired) electrons. The number of hydrogen-bond donors (Lipinski definition) is 3. The molecule has 7 heteroatoms. The molecule has 1 atom stereocenters. The summed E-state index contributed by atoms with van der Waals surface area (Å²) in [6, 6.07) is 0. The molecule has 22 heavy (non-hydrogen) atoms. The van der Waals surface area contributed by atoms with Crippen LogP contribution in [-0.4, -0.2) is 49.5 Å². The van der Waals surface area contributed by atoms with Crippen LogP contribution < -0.4 is 10.6 Å². The molecule has 2 heterocycles. The molecule has 1 aliphatic rings. The highest BCUT2D eigenvalue weighted by Crippen LogP contribution is 2.31. The Hall–Kier alpha value is -1.18. The van der Waals surface area contributed by atoms with E-state index in [0.717, 1.165) is 43.4 Å². The van der Waals surface area contributed by atoms with Crippen molar-refractivity contribution in [2.45, 2.75) is 32.7 Å². The maximum Gasteiger partial charge on any atom is 0.191 e. The number of thiazole rings is 1. The van der Waals surface area contributed by atoms with Crippen LogP contribution in [0.15, 0.2) is 11.2 Å². The van der Waals surface area contributed by atoms with Gasteiger partial charge in [0, 0.05) is 43.3 Å². The molecule has 0 aromatic carbocycles. The van der Waals surface area contributed by atoms with Gasteiger partial charge in [-0.3, -0.25) is 4.99 Å². The van der Waals surface area contributed by atoms with Crippen LogP contribution in [0.5, 0.6) is 0 Å². The zero-order valence-corrected chi connectivity index (χ0v) is 14.2. The minimum atomic E-state index is 0.0168. The average molecular weight is 326 g/mol. The van der Waals surface area contributed by atoms with Crippen molar-refractivity contribution in [3.05, 3.63) is 16.1 Å². The van der Waals surface area contributed by atoms with Crippen molar-refractivity contribution in [1.29, 1.82) is 0 Å². The Bertz CT molecular complexity index is 484. The van der Waals surface area contributed by atoms with Crippen LogP contribution in [0.4, 0.5) is 0 Å². The van der Waals surface area contributed by atoms with E-state index in [-0.39, 0.29) is 12.0 Å². The predicted octanol–water partition coefficient (Wildman–Crippen LogP) is 1.16. The molecule has 1 aliphatic heterocycles. The van der Waals surface area contributed by atoms with E-state index >= 15 is 0 Å². The van der Waals surface area contributed by atoms with Crippen LogP contribution >= 0.6 is 11.3 Å². The summed E-state index contributed by atoms with van der Waals surface area (Å²) in [7, 11) is 1.76. The van der Waals surface area contributed by atoms with Crippen molar-refractivity contribution in [2.24, 2.45) is 10.4 Å². The molecule has 0 amide bonds. The molecule has 1 aromatic rings. The van der Waals surface area contributed by atoms with Crippen LogP contribution in [0.25, 0.3) is 0 Å². The van der Waals surface area contributed by atoms with Gasteiger partial charge in [-0.15, -0.1) is 11.3 Å². The normalized spacial score (nSPS) is 22.0. The summed E-state index contributed by atoms with van der Waals surface area (Å²) in [5, 5.41) is 17.0. The molecule has 1 unspecified atom stereocenters. The number of ether oxygens (including phenoxy) is 1. The number of guanidine groups is 1. The summed E-state index contributed by atoms with van der Waals surface area (Å²) in [6.45, 7) is 5.22. The van der Waals surface area contributed by atoms with Crippen molar-refractivity contribution < 1.29 is 9.84 Å². The van der Waals surface area contributed by atoms with Crippen LogP contribution in [-0.2, 0) is 17.7 Å². The fourth-order valence-electron chi connectivity index (χ4n) is 2.56. The molecular weight excluding hydrogens is 300 g/mol. The van der Waals surface area contributed by atoms with Gasteiger partial charge in [-0.25, -0.2) is 4.98 Å². The number of hydrogen-bond acceptors (Lipinski definition) is 5. The first-order valence-corrected chi connectivity index (χ1v) is 8.60. The third-order valence-electron chi connectivity index (χ3n) is 4.04. The van der Waals surface area contributed by atoms with E-state index < -0.39 is 0 Å². The van der Waals surface area contributed by atoms with Gasteiger partial charge in [-0.1, -0.05) is 6.92 Å². The Morgan fingerprint density at radius 2 is 2.41 bits per heavy atom. The molecule has 0 spiro atoms. The largest absolute Gasteiger partial charge is 0.396 e. The van der Waals surface area contributed by atoms with Gasteiger partial charge in [-0.2, -0.15) is 0 Å². The van der Waals surface area contributed by atoms with E-state index in [4.69, 9.17) is 4.74 Å². The van der Waals surface area contributed by atoms with Crippen molar-refractivity contribution in [3.8, 4) is 0 Å². The summed E-state index contributed by atoms with van der Waals surface area (Å²) in [5.74, 6) is 0.762. The van der Waals surface area contributed by atoms with E-state index in [2.05, 4.69) is 27.5 Å². The van der Waals surface area contributed by atoms with Crippen LogP contribution in [0.1, 0.15) is 29.7 Å². The number of nitrogens with zero attached hydrogens (tertiary/aromatic N) is 2. The van der Waals surface area contributed by atoms with Gasteiger partial charge in [0.15, 0.2) is 5.96 Å². The highest BCUT2D eigenvalue weighted by molar-refractivity contribution is 7.11. The summed E-state index contributed by atoms with van der Waals surface area (Å²) in [5.41, 5.74) is 0.0168. The fourth-order valence-corrected chi connectivity index (χ4v) is 3.36. The lowest BCUT2D eigenvalue weighted by Gasteiger charge is -2.27. The highest BCUT2D eigenvalue weighted by atomic mass is 32.1. The van der Waals surface area contributed by atoms with Crippen molar-refractivity contribution >= 4 is 17.3 Å². The van der Waals surface area contributed by atoms with Gasteiger partial charge in [0.2, 0.25) is 0 Å². The first-order valence-electron chi connectivity index (χ1n) is 7.78. The lowest BCUT2D eigenvalue weighted by atomic mass is 9.84. The second-order valence-corrected chi connectivity index (χ2v) is 6.83. The Balaban J connectivity index is 1.81. The fraction of sp³-hybridized carbons (Fsp3) is 0.733. The SMILES string of the molecule is CCc1cnc(CNC(=NC)NCC2(CCO)CCOC2)s1. The minimum Gasteiger partial charge on any atom is -0.396 e. The number of aromatic nitrogens is 1. The lowest BCUT2D eigenvalue weighted by Crippen LogP contribution is -2.44. The van der Waals surface area contributed by atoms with E-state index in [9.17, 15) is 5.11 Å². The molecule has 124 valence electrons. The van der Waals surface area contributed by atoms with Gasteiger partial charge in [-0.05, 0) is 19.3 Å². The molecule has 2 rings (SSSR count). The second kappa shape index (κ2) is 8.45. The number of aliphatic hydroxyl groups is 1. The minimum absolute atomic E-state index is 0.0168. The molecule has 0 bridgehead atoms. The van der Waals surface area contributed by atoms with Gasteiger partial charge >= 0.3 is 0 Å². The quantitative estimate of drug-likeness (QED) is 0.518. The highest BCUT2D eigenvalue weighted by Gasteiger charge is 2.34. The van der Waals surface area contributed by atoms with Gasteiger partial charge in [0.1, 0.15) is 5.01 Å². The second-order valence-electron chi connectivity index (χ2n) is 5.63. The zero-order valence-electron chi connectivity index (χ0n) is 13.4. The number of nitrogens with one attached hydrogen (secondary N) is 2. The monoisotopic (exact) mass is 326 g/mol. The molecule has 1 aromatic heterocycles. The summed E-state index contributed by atoms with van der Waals surface area (Å²) >= 11 is 1.73. The standard InChI is InChI=1S/C15H26N4O2S/c1-3-12-8-17-13(22-12)9-18-14(16-2)19-10-15(4-6-20)5-7-21-11-15/h8,20H,3-7,9-11H2,1-2H3,(H2,16,18,19). The Morgan fingerprint density at radius 1 is 1.55 bits per heavy atom. The van der Waals surface area contributed by atoms with Crippen LogP contribution in [0, 0.1) is 5.41 Å². The van der Waals surface area contributed by atoms with E-state index in [0.29, 0.717) is 13.2 Å². The molecule has 6 nitrogen and oxygen atoms in total. The van der Waals surface area contributed by atoms with Gasteiger partial charge in [0.25, 0.3) is 0 Å². The number of aliphatic hydroxyl groups excluding tert-OH is 1. The Kier molecular flexibility index (Phi) is 6.60. The van der Waals surface area contributed by atoms with Crippen molar-refractivity contribution in [3.63, 3.8) is 0 Å². The zero-order chi connectivity index (χ0) is 15.8. The molecule has 0 aliphatic carbocycles. The number of aryl methyl sites for hydroxylation is 1. The topological polar surface area (TPSA) is 78.8 Å². The first-order chi connectivity index (χ1) is 10.7. The molecule has 3 N–H and O–H groups in total. The molecular formula is C15H26N4O2S. The summed E-state index contributed by atoms with van der Waals surface area (Å²) < 4.78 is 5.50. The van der Waals surface area contributed by atoms with E-state index in [1.54, 1.807) is 18.4 Å². The van der Waals surface area contributed by atoms with E-state index in [1.807, 2.05) is 6.20 Å². The molecule has 0 saturated carbocycles. The van der Waals surface area contributed by atoms with Gasteiger partial charge < -0.3 is 20.5 Å². The Morgan fingerprint density at radius 3 is 3.00 bits per heavy atom. The van der Waals surface area contributed by atoms with Crippen LogP contribution in [0.2, 0.25) is 0 Å². The average Bonchev–Trinajstić information content (AvgIpc) is 3.17. The predicted molar refractivity (Wildman–Crippen MR) is 89.3 cm³/mol. The smallest absolute Gasteiger partial charge is 0.191 e. The summed E-state index contributed by atoms with van der Waals surface area (Å²) in [4.78, 5) is 9.94. The maximum atomic E-state index is 9.26. The first kappa shape index (κ1) is 17.2. The number of aliphatic imine (C=N–C) groups is 1. The van der Waals surface area contributed by atoms with Crippen molar-refractivity contribution in [1.82, 2.24) is 15.6 Å². The molecule has 1 saturated heterocycles. The van der Waals surface area contributed by atoms with Gasteiger partial charge in [0.05, 0.1) is 13.2 Å². The van der Waals surface area contributed by atoms with Crippen molar-refractivity contribution in [2.75, 3.05) is 33.4 Å². The Labute approximate surface area is 136 Å². The third-order valence-corrected chi connectivity index (χ3v) is 5.18. The summed E-state index contributed by atoms with van der Waals surface area (Å²) in [6.07, 6.45) is 4.69.